The summed E-state index contributed by atoms with van der Waals surface area (Å²) >= 11 is 0. The quantitative estimate of drug-likeness (QED) is 0.471. The molecule has 0 bridgehead atoms. The first-order valence-corrected chi connectivity index (χ1v) is 5.35. The van der Waals surface area contributed by atoms with E-state index in [0.717, 1.165) is 10.9 Å². The summed E-state index contributed by atoms with van der Waals surface area (Å²) in [6.45, 7) is 0. The van der Waals surface area contributed by atoms with E-state index in [9.17, 15) is 4.79 Å². The zero-order chi connectivity index (χ0) is 12.4. The Morgan fingerprint density at radius 1 is 1.28 bits per heavy atom. The van der Waals surface area contributed by atoms with Crippen molar-refractivity contribution < 1.29 is 38.1 Å². The predicted octanol–water partition coefficient (Wildman–Crippen LogP) is -1.27. The van der Waals surface area contributed by atoms with Crippen LogP contribution in [0.5, 0.6) is 5.75 Å². The van der Waals surface area contributed by atoms with Crippen molar-refractivity contribution in [3.63, 3.8) is 0 Å². The molecule has 0 atom stereocenters. The van der Waals surface area contributed by atoms with Crippen LogP contribution in [0.15, 0.2) is 36.5 Å². The molecule has 2 aromatic rings. The minimum Gasteiger partial charge on any atom is -1.00 e. The lowest BCUT2D eigenvalue weighted by molar-refractivity contribution is -0.644. The van der Waals surface area contributed by atoms with Gasteiger partial charge in [0.05, 0.1) is 6.07 Å². The van der Waals surface area contributed by atoms with Gasteiger partial charge >= 0.3 is 6.09 Å². The Morgan fingerprint density at radius 3 is 2.67 bits per heavy atom. The molecule has 1 aromatic carbocycles. The normalized spacial score (nSPS) is 9.72. The van der Waals surface area contributed by atoms with E-state index >= 15 is 0 Å². The fourth-order valence-electron chi connectivity index (χ4n) is 1.58. The summed E-state index contributed by atoms with van der Waals surface area (Å²) in [7, 11) is 5.27. The molecule has 4 nitrogen and oxygen atoms in total. The van der Waals surface area contributed by atoms with Crippen molar-refractivity contribution in [1.29, 1.82) is 0 Å². The number of amides is 1. The van der Waals surface area contributed by atoms with Gasteiger partial charge in [0.1, 0.15) is 12.8 Å². The van der Waals surface area contributed by atoms with Gasteiger partial charge in [-0.05, 0) is 18.2 Å². The standard InChI is InChI=1S/C13H15N2O2.HI/c1-14(2)13(16)17-11-7-6-10-5-4-8-15(3)12(10)9-11;/h4-9H,1-3H3;1H/q+1;/p-1. The molecule has 0 N–H and O–H groups in total. The van der Waals surface area contributed by atoms with Crippen molar-refractivity contribution in [2.75, 3.05) is 14.1 Å². The largest absolute Gasteiger partial charge is 1.00 e. The van der Waals surface area contributed by atoms with Crippen LogP contribution in [0.25, 0.3) is 10.9 Å². The Balaban J connectivity index is 0.00000162. The number of aryl methyl sites for hydroxylation is 1. The zero-order valence-corrected chi connectivity index (χ0v) is 12.7. The number of pyridine rings is 1. The lowest BCUT2D eigenvalue weighted by Gasteiger charge is -2.10. The molecule has 0 saturated heterocycles. The summed E-state index contributed by atoms with van der Waals surface area (Å²) in [6, 6.07) is 9.59. The molecule has 0 saturated carbocycles. The van der Waals surface area contributed by atoms with Crippen LogP contribution >= 0.6 is 0 Å². The summed E-state index contributed by atoms with van der Waals surface area (Å²) in [5, 5.41) is 1.11. The Hall–Kier alpha value is -1.37. The van der Waals surface area contributed by atoms with E-state index in [2.05, 4.69) is 0 Å². The molecular formula is C13H15IN2O2. The average molecular weight is 358 g/mol. The molecule has 0 unspecified atom stereocenters. The molecule has 5 heteroatoms. The van der Waals surface area contributed by atoms with Gasteiger partial charge < -0.3 is 33.6 Å². The molecule has 0 radical (unpaired) electrons. The van der Waals surface area contributed by atoms with Crippen LogP contribution < -0.4 is 33.3 Å². The van der Waals surface area contributed by atoms with Crippen LogP contribution in [-0.2, 0) is 7.05 Å². The van der Waals surface area contributed by atoms with Crippen molar-refractivity contribution >= 4 is 17.0 Å². The Bertz CT molecular complexity index is 570. The molecule has 0 fully saturated rings. The molecule has 0 aliphatic heterocycles. The molecule has 1 amide bonds. The summed E-state index contributed by atoms with van der Waals surface area (Å²) in [6.07, 6.45) is 1.59. The van der Waals surface area contributed by atoms with E-state index in [1.807, 2.05) is 42.1 Å². The second kappa shape index (κ2) is 5.99. The highest BCUT2D eigenvalue weighted by Gasteiger charge is 2.10. The number of hydrogen-bond donors (Lipinski definition) is 0. The Labute approximate surface area is 123 Å². The third-order valence-corrected chi connectivity index (χ3v) is 2.54. The number of ether oxygens (including phenoxy) is 1. The lowest BCUT2D eigenvalue weighted by Crippen LogP contribution is -3.00. The first-order valence-electron chi connectivity index (χ1n) is 5.35. The number of carbonyl (C=O) groups excluding carboxylic acids is 1. The monoisotopic (exact) mass is 358 g/mol. The second-order valence-electron chi connectivity index (χ2n) is 4.10. The van der Waals surface area contributed by atoms with E-state index in [1.54, 1.807) is 20.2 Å². The number of rotatable bonds is 1. The molecule has 2 rings (SSSR count). The van der Waals surface area contributed by atoms with E-state index in [4.69, 9.17) is 4.74 Å². The molecule has 0 aliphatic carbocycles. The number of fused-ring (bicyclic) bond motifs is 1. The number of hydrogen-bond acceptors (Lipinski definition) is 2. The number of benzene rings is 1. The van der Waals surface area contributed by atoms with Crippen molar-refractivity contribution in [2.45, 2.75) is 0 Å². The number of halogens is 1. The van der Waals surface area contributed by atoms with Crippen LogP contribution in [0.4, 0.5) is 4.79 Å². The van der Waals surface area contributed by atoms with Gasteiger partial charge in [-0.3, -0.25) is 0 Å². The predicted molar refractivity (Wildman–Crippen MR) is 64.8 cm³/mol. The molecule has 1 aromatic heterocycles. The van der Waals surface area contributed by atoms with E-state index in [0.29, 0.717) is 5.75 Å². The van der Waals surface area contributed by atoms with Gasteiger partial charge in [-0.25, -0.2) is 9.36 Å². The smallest absolute Gasteiger partial charge is 0.414 e. The Morgan fingerprint density at radius 2 is 2.00 bits per heavy atom. The van der Waals surface area contributed by atoms with Gasteiger partial charge in [0.2, 0.25) is 5.52 Å². The highest BCUT2D eigenvalue weighted by Crippen LogP contribution is 2.18. The Kier molecular flexibility index (Phi) is 4.89. The fourth-order valence-corrected chi connectivity index (χ4v) is 1.58. The van der Waals surface area contributed by atoms with Gasteiger partial charge in [-0.15, -0.1) is 0 Å². The zero-order valence-electron chi connectivity index (χ0n) is 10.6. The van der Waals surface area contributed by atoms with Crippen LogP contribution in [0.2, 0.25) is 0 Å². The summed E-state index contributed by atoms with van der Waals surface area (Å²) < 4.78 is 7.20. The van der Waals surface area contributed by atoms with Crippen LogP contribution in [0.1, 0.15) is 0 Å². The third kappa shape index (κ3) is 3.10. The number of aromatic nitrogens is 1. The molecule has 0 aliphatic rings. The lowest BCUT2D eigenvalue weighted by atomic mass is 10.2. The fraction of sp³-hybridized carbons (Fsp3) is 0.231. The molecule has 1 heterocycles. The van der Waals surface area contributed by atoms with E-state index in [1.165, 1.54) is 4.90 Å². The average Bonchev–Trinajstić information content (AvgIpc) is 2.30. The maximum atomic E-state index is 11.4. The third-order valence-electron chi connectivity index (χ3n) is 2.54. The van der Waals surface area contributed by atoms with Gasteiger partial charge in [-0.2, -0.15) is 0 Å². The van der Waals surface area contributed by atoms with E-state index < -0.39 is 0 Å². The van der Waals surface area contributed by atoms with E-state index in [-0.39, 0.29) is 30.1 Å². The molecule has 18 heavy (non-hydrogen) atoms. The van der Waals surface area contributed by atoms with Crippen LogP contribution in [0, 0.1) is 0 Å². The van der Waals surface area contributed by atoms with Crippen molar-refractivity contribution in [3.8, 4) is 5.75 Å². The minimum atomic E-state index is -0.372. The SMILES string of the molecule is CN(C)C(=O)Oc1ccc2ccc[n+](C)c2c1.[I-]. The van der Waals surface area contributed by atoms with Gasteiger partial charge in [0.25, 0.3) is 0 Å². The van der Waals surface area contributed by atoms with Gasteiger partial charge in [0, 0.05) is 25.5 Å². The van der Waals surface area contributed by atoms with Crippen molar-refractivity contribution in [2.24, 2.45) is 7.05 Å². The van der Waals surface area contributed by atoms with Crippen molar-refractivity contribution in [1.82, 2.24) is 4.90 Å². The molecule has 96 valence electrons. The summed E-state index contributed by atoms with van der Waals surface area (Å²) in [5.74, 6) is 0.554. The maximum absolute atomic E-state index is 11.4. The van der Waals surface area contributed by atoms with Gasteiger partial charge in [0.15, 0.2) is 6.20 Å². The second-order valence-corrected chi connectivity index (χ2v) is 4.10. The van der Waals surface area contributed by atoms with Crippen molar-refractivity contribution in [3.05, 3.63) is 36.5 Å². The number of nitrogens with zero attached hydrogens (tertiary/aromatic N) is 2. The number of carbonyl (C=O) groups is 1. The summed E-state index contributed by atoms with van der Waals surface area (Å²) in [5.41, 5.74) is 1.02. The van der Waals surface area contributed by atoms with Gasteiger partial charge in [-0.1, -0.05) is 0 Å². The minimum absolute atomic E-state index is 0. The maximum Gasteiger partial charge on any atom is 0.414 e. The van der Waals surface area contributed by atoms with Crippen LogP contribution in [0.3, 0.4) is 0 Å². The topological polar surface area (TPSA) is 33.4 Å². The summed E-state index contributed by atoms with van der Waals surface area (Å²) in [4.78, 5) is 12.8. The first kappa shape index (κ1) is 14.7. The first-order chi connectivity index (χ1) is 8.08. The van der Waals surface area contributed by atoms with Crippen LogP contribution in [-0.4, -0.2) is 25.1 Å². The highest BCUT2D eigenvalue weighted by atomic mass is 127. The highest BCUT2D eigenvalue weighted by molar-refractivity contribution is 5.78. The molecule has 0 spiro atoms. The molecular weight excluding hydrogens is 343 g/mol.